The van der Waals surface area contributed by atoms with Crippen LogP contribution in [0, 0.1) is 0 Å². The number of hydrogen-bond acceptors (Lipinski definition) is 8. The minimum Gasteiger partial charge on any atom is -0.391 e. The van der Waals surface area contributed by atoms with Crippen LogP contribution in [0.2, 0.25) is 0 Å². The van der Waals surface area contributed by atoms with Crippen molar-refractivity contribution in [3.8, 4) is 0 Å². The molecule has 1 fully saturated rings. The van der Waals surface area contributed by atoms with Gasteiger partial charge in [-0.2, -0.15) is 0 Å². The summed E-state index contributed by atoms with van der Waals surface area (Å²) >= 11 is 0. The van der Waals surface area contributed by atoms with Gasteiger partial charge in [0.2, 0.25) is 0 Å². The van der Waals surface area contributed by atoms with Gasteiger partial charge in [0.15, 0.2) is 17.7 Å². The van der Waals surface area contributed by atoms with Crippen molar-refractivity contribution in [2.45, 2.75) is 37.6 Å². The number of aliphatic hydroxyl groups excluding tert-OH is 3. The Kier molecular flexibility index (Phi) is 3.05. The lowest BCUT2D eigenvalue weighted by atomic mass is 10.1. The molecule has 3 heterocycles. The topological polar surface area (TPSA) is 140 Å². The molecule has 0 amide bonds. The van der Waals surface area contributed by atoms with Gasteiger partial charge in [-0.15, -0.1) is 0 Å². The van der Waals surface area contributed by atoms with Crippen LogP contribution in [-0.2, 0) is 4.74 Å². The van der Waals surface area contributed by atoms with E-state index in [-0.39, 0.29) is 5.82 Å². The Morgan fingerprint density at radius 3 is 2.70 bits per heavy atom. The number of hydrogen-bond donors (Lipinski definition) is 4. The highest BCUT2D eigenvalue weighted by atomic mass is 16.6. The normalized spacial score (nSPS) is 31.8. The average molecular weight is 281 g/mol. The van der Waals surface area contributed by atoms with Gasteiger partial charge in [-0.3, -0.25) is 4.57 Å². The van der Waals surface area contributed by atoms with E-state index >= 15 is 0 Å². The van der Waals surface area contributed by atoms with Crippen LogP contribution in [0.3, 0.4) is 0 Å². The number of anilines is 1. The van der Waals surface area contributed by atoms with Crippen molar-refractivity contribution in [1.29, 1.82) is 0 Å². The Hall–Kier alpha value is -1.81. The van der Waals surface area contributed by atoms with Crippen molar-refractivity contribution in [3.63, 3.8) is 0 Å². The molecule has 1 saturated heterocycles. The second kappa shape index (κ2) is 4.63. The van der Waals surface area contributed by atoms with E-state index in [0.717, 1.165) is 0 Å². The molecule has 20 heavy (non-hydrogen) atoms. The Morgan fingerprint density at radius 1 is 1.30 bits per heavy atom. The van der Waals surface area contributed by atoms with Crippen molar-refractivity contribution in [2.24, 2.45) is 0 Å². The van der Waals surface area contributed by atoms with Crippen LogP contribution in [0.4, 0.5) is 5.82 Å². The third-order valence-electron chi connectivity index (χ3n) is 3.41. The molecule has 3 rings (SSSR count). The summed E-state index contributed by atoms with van der Waals surface area (Å²) in [7, 11) is 0. The van der Waals surface area contributed by atoms with Gasteiger partial charge in [0.25, 0.3) is 0 Å². The number of aliphatic hydroxyl groups is 3. The fourth-order valence-electron chi connectivity index (χ4n) is 2.37. The fraction of sp³-hybridized carbons (Fsp3) is 0.545. The zero-order chi connectivity index (χ0) is 14.4. The van der Waals surface area contributed by atoms with Crippen LogP contribution >= 0.6 is 0 Å². The molecule has 2 aromatic rings. The summed E-state index contributed by atoms with van der Waals surface area (Å²) < 4.78 is 6.97. The van der Waals surface area contributed by atoms with Crippen LogP contribution in [0.25, 0.3) is 11.2 Å². The fourth-order valence-corrected chi connectivity index (χ4v) is 2.37. The van der Waals surface area contributed by atoms with Crippen molar-refractivity contribution < 1.29 is 20.1 Å². The van der Waals surface area contributed by atoms with Crippen molar-refractivity contribution >= 4 is 17.0 Å². The van der Waals surface area contributed by atoms with Gasteiger partial charge in [0, 0.05) is 0 Å². The molecule has 0 aromatic carbocycles. The summed E-state index contributed by atoms with van der Waals surface area (Å²) in [5, 5.41) is 29.5. The molecule has 0 radical (unpaired) electrons. The number of ether oxygens (including phenoxy) is 1. The summed E-state index contributed by atoms with van der Waals surface area (Å²) in [5.74, 6) is 0.217. The number of nitrogen functional groups attached to an aromatic ring is 1. The second-order valence-corrected chi connectivity index (χ2v) is 4.80. The highest BCUT2D eigenvalue weighted by Gasteiger charge is 2.46. The molecule has 5 atom stereocenters. The minimum absolute atomic E-state index is 0.217. The number of fused-ring (bicyclic) bond motifs is 1. The summed E-state index contributed by atoms with van der Waals surface area (Å²) in [6.07, 6.45) is -2.42. The van der Waals surface area contributed by atoms with Crippen LogP contribution in [0.15, 0.2) is 12.7 Å². The number of rotatable bonds is 2. The van der Waals surface area contributed by atoms with Crippen molar-refractivity contribution in [1.82, 2.24) is 19.5 Å². The molecule has 2 aromatic heterocycles. The third kappa shape index (κ3) is 1.83. The van der Waals surface area contributed by atoms with Gasteiger partial charge >= 0.3 is 0 Å². The van der Waals surface area contributed by atoms with E-state index in [1.165, 1.54) is 24.1 Å². The quantitative estimate of drug-likeness (QED) is 0.516. The smallest absolute Gasteiger partial charge is 0.167 e. The highest BCUT2D eigenvalue weighted by Crippen LogP contribution is 2.33. The first kappa shape index (κ1) is 13.2. The first-order valence-electron chi connectivity index (χ1n) is 6.13. The van der Waals surface area contributed by atoms with Gasteiger partial charge < -0.3 is 25.8 Å². The van der Waals surface area contributed by atoms with E-state index < -0.39 is 30.6 Å². The Balaban J connectivity index is 2.02. The van der Waals surface area contributed by atoms with Crippen LogP contribution in [-0.4, -0.2) is 59.3 Å². The second-order valence-electron chi connectivity index (χ2n) is 4.80. The molecule has 0 bridgehead atoms. The monoisotopic (exact) mass is 281 g/mol. The van der Waals surface area contributed by atoms with Gasteiger partial charge in [0.1, 0.15) is 30.2 Å². The Labute approximate surface area is 113 Å². The van der Waals surface area contributed by atoms with Crippen LogP contribution < -0.4 is 5.73 Å². The van der Waals surface area contributed by atoms with E-state index in [0.29, 0.717) is 11.2 Å². The van der Waals surface area contributed by atoms with E-state index in [4.69, 9.17) is 10.5 Å². The SMILES string of the molecule is C[C@H](O)C1O[C@@H](n2cnc3c(N)ncnc32)[C@H](O)[C@@H]1O. The Bertz CT molecular complexity index is 630. The molecule has 0 saturated carbocycles. The van der Waals surface area contributed by atoms with E-state index in [1.807, 2.05) is 0 Å². The highest BCUT2D eigenvalue weighted by molar-refractivity contribution is 5.81. The number of nitrogens with zero attached hydrogens (tertiary/aromatic N) is 4. The first-order chi connectivity index (χ1) is 9.50. The van der Waals surface area contributed by atoms with Gasteiger partial charge in [0.05, 0.1) is 12.4 Å². The molecule has 0 aliphatic carbocycles. The predicted molar refractivity (Wildman–Crippen MR) is 67.3 cm³/mol. The van der Waals surface area contributed by atoms with Crippen molar-refractivity contribution in [2.75, 3.05) is 5.73 Å². The molecule has 9 heteroatoms. The standard InChI is InChI=1S/C11H15N5O4/c1-4(17)8-6(18)7(19)11(20-8)16-3-15-5-9(12)13-2-14-10(5)16/h2-4,6-8,11,17-19H,1H3,(H2,12,13,14)/t4-,6-,7+,8?,11+/m0/s1. The minimum atomic E-state index is -1.21. The van der Waals surface area contributed by atoms with Crippen molar-refractivity contribution in [3.05, 3.63) is 12.7 Å². The van der Waals surface area contributed by atoms with Crippen LogP contribution in [0.5, 0.6) is 0 Å². The lowest BCUT2D eigenvalue weighted by Gasteiger charge is -2.17. The summed E-state index contributed by atoms with van der Waals surface area (Å²) in [4.78, 5) is 11.9. The number of aromatic nitrogens is 4. The third-order valence-corrected chi connectivity index (χ3v) is 3.41. The average Bonchev–Trinajstić information content (AvgIpc) is 2.94. The molecule has 1 aliphatic heterocycles. The molecular formula is C11H15N5O4. The summed E-state index contributed by atoms with van der Waals surface area (Å²) in [6, 6.07) is 0. The number of nitrogens with two attached hydrogens (primary N) is 1. The van der Waals surface area contributed by atoms with Crippen LogP contribution in [0.1, 0.15) is 13.2 Å². The molecular weight excluding hydrogens is 266 g/mol. The zero-order valence-corrected chi connectivity index (χ0v) is 10.7. The maximum atomic E-state index is 10.1. The largest absolute Gasteiger partial charge is 0.391 e. The van der Waals surface area contributed by atoms with Gasteiger partial charge in [-0.1, -0.05) is 0 Å². The molecule has 9 nitrogen and oxygen atoms in total. The molecule has 1 aliphatic rings. The Morgan fingerprint density at radius 2 is 2.05 bits per heavy atom. The first-order valence-corrected chi connectivity index (χ1v) is 6.13. The lowest BCUT2D eigenvalue weighted by Crippen LogP contribution is -2.37. The van der Waals surface area contributed by atoms with E-state index in [9.17, 15) is 15.3 Å². The maximum Gasteiger partial charge on any atom is 0.167 e. The predicted octanol–water partition coefficient (Wildman–Crippen LogP) is -1.59. The van der Waals surface area contributed by atoms with Gasteiger partial charge in [-0.25, -0.2) is 15.0 Å². The summed E-state index contributed by atoms with van der Waals surface area (Å²) in [5.41, 5.74) is 6.46. The van der Waals surface area contributed by atoms with E-state index in [1.54, 1.807) is 0 Å². The lowest BCUT2D eigenvalue weighted by molar-refractivity contribution is -0.0777. The number of imidazole rings is 1. The molecule has 1 unspecified atom stereocenters. The summed E-state index contributed by atoms with van der Waals surface area (Å²) in [6.45, 7) is 1.48. The molecule has 108 valence electrons. The zero-order valence-electron chi connectivity index (χ0n) is 10.7. The van der Waals surface area contributed by atoms with Gasteiger partial charge in [-0.05, 0) is 6.92 Å². The van der Waals surface area contributed by atoms with E-state index in [2.05, 4.69) is 15.0 Å². The molecule has 5 N–H and O–H groups in total. The molecule has 0 spiro atoms. The maximum absolute atomic E-state index is 10.1.